The maximum absolute atomic E-state index is 5.97. The van der Waals surface area contributed by atoms with Gasteiger partial charge in [-0.25, -0.2) is 4.98 Å². The van der Waals surface area contributed by atoms with E-state index in [4.69, 9.17) is 23.8 Å². The number of aryl methyl sites for hydroxylation is 1. The molecule has 2 aromatic heterocycles. The molecule has 3 rings (SSSR count). The van der Waals surface area contributed by atoms with Gasteiger partial charge >= 0.3 is 0 Å². The van der Waals surface area contributed by atoms with E-state index in [-0.39, 0.29) is 0 Å². The van der Waals surface area contributed by atoms with Crippen LogP contribution in [0.3, 0.4) is 0 Å². The largest absolute Gasteiger partial charge is 0.331 e. The standard InChI is InChI=1S/C12H10ClN3S2/c1-7-14-9(6-18-7)5-16-11-3-2-8(13)4-10(11)15-12(16)17/h2-4,6H,5H2,1H3,(H,15,17). The Morgan fingerprint density at radius 3 is 3.06 bits per heavy atom. The number of fused-ring (bicyclic) bond motifs is 1. The third kappa shape index (κ3) is 2.09. The number of aromatic nitrogens is 3. The summed E-state index contributed by atoms with van der Waals surface area (Å²) in [7, 11) is 0. The Kier molecular flexibility index (Phi) is 2.97. The summed E-state index contributed by atoms with van der Waals surface area (Å²) in [5.41, 5.74) is 3.04. The van der Waals surface area contributed by atoms with Crippen molar-refractivity contribution in [3.05, 3.63) is 44.1 Å². The molecule has 92 valence electrons. The van der Waals surface area contributed by atoms with Crippen molar-refractivity contribution in [3.63, 3.8) is 0 Å². The van der Waals surface area contributed by atoms with Crippen LogP contribution in [0.25, 0.3) is 11.0 Å². The molecular formula is C12H10ClN3S2. The van der Waals surface area contributed by atoms with Gasteiger partial charge in [0.2, 0.25) is 0 Å². The molecule has 0 unspecified atom stereocenters. The van der Waals surface area contributed by atoms with E-state index in [0.717, 1.165) is 21.7 Å². The van der Waals surface area contributed by atoms with Crippen molar-refractivity contribution in [1.29, 1.82) is 0 Å². The molecule has 0 aliphatic heterocycles. The molecule has 3 aromatic rings. The molecule has 0 bridgehead atoms. The molecule has 0 radical (unpaired) electrons. The van der Waals surface area contributed by atoms with Crippen LogP contribution >= 0.6 is 35.2 Å². The van der Waals surface area contributed by atoms with E-state index in [1.165, 1.54) is 0 Å². The normalized spacial score (nSPS) is 11.2. The Balaban J connectivity index is 2.11. The Morgan fingerprint density at radius 2 is 2.33 bits per heavy atom. The summed E-state index contributed by atoms with van der Waals surface area (Å²) in [4.78, 5) is 7.63. The first-order chi connectivity index (χ1) is 8.63. The second kappa shape index (κ2) is 4.50. The molecule has 0 atom stereocenters. The number of nitrogens with zero attached hydrogens (tertiary/aromatic N) is 2. The van der Waals surface area contributed by atoms with Crippen molar-refractivity contribution >= 4 is 46.2 Å². The van der Waals surface area contributed by atoms with E-state index < -0.39 is 0 Å². The zero-order valence-corrected chi connectivity index (χ0v) is 12.0. The maximum Gasteiger partial charge on any atom is 0.178 e. The number of thiazole rings is 1. The van der Waals surface area contributed by atoms with E-state index in [0.29, 0.717) is 16.3 Å². The van der Waals surface area contributed by atoms with E-state index in [1.54, 1.807) is 11.3 Å². The fourth-order valence-electron chi connectivity index (χ4n) is 1.94. The number of hydrogen-bond acceptors (Lipinski definition) is 3. The molecular weight excluding hydrogens is 286 g/mol. The number of hydrogen-bond donors (Lipinski definition) is 1. The second-order valence-electron chi connectivity index (χ2n) is 4.04. The van der Waals surface area contributed by atoms with E-state index >= 15 is 0 Å². The quantitative estimate of drug-likeness (QED) is 0.720. The van der Waals surface area contributed by atoms with Crippen LogP contribution in [0.4, 0.5) is 0 Å². The monoisotopic (exact) mass is 295 g/mol. The van der Waals surface area contributed by atoms with Crippen LogP contribution in [-0.4, -0.2) is 14.5 Å². The zero-order valence-electron chi connectivity index (χ0n) is 9.61. The topological polar surface area (TPSA) is 33.6 Å². The summed E-state index contributed by atoms with van der Waals surface area (Å²) in [5, 5.41) is 3.83. The van der Waals surface area contributed by atoms with Gasteiger partial charge in [-0.1, -0.05) is 11.6 Å². The minimum absolute atomic E-state index is 0.685. The summed E-state index contributed by atoms with van der Waals surface area (Å²) in [6.45, 7) is 2.69. The average Bonchev–Trinajstić information content (AvgIpc) is 2.84. The van der Waals surface area contributed by atoms with Gasteiger partial charge in [-0.05, 0) is 37.3 Å². The summed E-state index contributed by atoms with van der Waals surface area (Å²) < 4.78 is 2.73. The van der Waals surface area contributed by atoms with Crippen molar-refractivity contribution in [3.8, 4) is 0 Å². The summed E-state index contributed by atoms with van der Waals surface area (Å²) in [6, 6.07) is 5.73. The lowest BCUT2D eigenvalue weighted by atomic mass is 10.3. The second-order valence-corrected chi connectivity index (χ2v) is 5.92. The number of imidazole rings is 1. The molecule has 1 N–H and O–H groups in total. The van der Waals surface area contributed by atoms with Gasteiger partial charge in [-0.2, -0.15) is 0 Å². The lowest BCUT2D eigenvalue weighted by Gasteiger charge is -2.01. The van der Waals surface area contributed by atoms with Crippen LogP contribution < -0.4 is 0 Å². The van der Waals surface area contributed by atoms with Crippen molar-refractivity contribution in [2.24, 2.45) is 0 Å². The van der Waals surface area contributed by atoms with Crippen molar-refractivity contribution in [2.45, 2.75) is 13.5 Å². The van der Waals surface area contributed by atoms with Crippen LogP contribution in [-0.2, 0) is 6.54 Å². The van der Waals surface area contributed by atoms with Gasteiger partial charge in [0, 0.05) is 10.4 Å². The van der Waals surface area contributed by atoms with E-state index in [2.05, 4.69) is 15.3 Å². The van der Waals surface area contributed by atoms with Crippen molar-refractivity contribution in [2.75, 3.05) is 0 Å². The predicted molar refractivity (Wildman–Crippen MR) is 78.1 cm³/mol. The molecule has 0 spiro atoms. The molecule has 0 amide bonds. The highest BCUT2D eigenvalue weighted by atomic mass is 35.5. The Labute approximate surface area is 118 Å². The Bertz CT molecular complexity index is 769. The first-order valence-corrected chi connectivity index (χ1v) is 7.09. The third-order valence-electron chi connectivity index (χ3n) is 2.72. The molecule has 0 aliphatic rings. The van der Waals surface area contributed by atoms with Crippen LogP contribution in [0, 0.1) is 11.7 Å². The predicted octanol–water partition coefficient (Wildman–Crippen LogP) is 4.17. The minimum atomic E-state index is 0.685. The maximum atomic E-state index is 5.97. The van der Waals surface area contributed by atoms with Crippen LogP contribution in [0.2, 0.25) is 5.02 Å². The highest BCUT2D eigenvalue weighted by Crippen LogP contribution is 2.20. The SMILES string of the molecule is Cc1nc(Cn2c(=S)[nH]c3cc(Cl)ccc32)cs1. The number of rotatable bonds is 2. The number of H-pyrrole nitrogens is 1. The van der Waals surface area contributed by atoms with E-state index in [1.807, 2.05) is 29.7 Å². The average molecular weight is 296 g/mol. The molecule has 3 nitrogen and oxygen atoms in total. The van der Waals surface area contributed by atoms with Gasteiger partial charge in [0.1, 0.15) is 0 Å². The van der Waals surface area contributed by atoms with Gasteiger partial charge in [0.15, 0.2) is 4.77 Å². The summed E-state index contributed by atoms with van der Waals surface area (Å²) in [6.07, 6.45) is 0. The number of benzene rings is 1. The third-order valence-corrected chi connectivity index (χ3v) is 4.10. The molecule has 2 heterocycles. The van der Waals surface area contributed by atoms with Gasteiger partial charge in [-0.15, -0.1) is 11.3 Å². The highest BCUT2D eigenvalue weighted by Gasteiger charge is 2.07. The number of nitrogens with one attached hydrogen (secondary N) is 1. The van der Waals surface area contributed by atoms with Crippen molar-refractivity contribution in [1.82, 2.24) is 14.5 Å². The van der Waals surface area contributed by atoms with Crippen LogP contribution in [0.15, 0.2) is 23.6 Å². The molecule has 0 saturated heterocycles. The Morgan fingerprint density at radius 1 is 1.50 bits per heavy atom. The lowest BCUT2D eigenvalue weighted by Crippen LogP contribution is -1.99. The minimum Gasteiger partial charge on any atom is -0.331 e. The molecule has 0 aliphatic carbocycles. The number of aromatic amines is 1. The van der Waals surface area contributed by atoms with Gasteiger partial charge in [-0.3, -0.25) is 0 Å². The fourth-order valence-corrected chi connectivity index (χ4v) is 2.98. The van der Waals surface area contributed by atoms with Crippen LogP contribution in [0.1, 0.15) is 10.7 Å². The van der Waals surface area contributed by atoms with Gasteiger partial charge in [0.25, 0.3) is 0 Å². The smallest absolute Gasteiger partial charge is 0.178 e. The van der Waals surface area contributed by atoms with Crippen molar-refractivity contribution < 1.29 is 0 Å². The molecule has 0 saturated carbocycles. The number of halogens is 1. The molecule has 6 heteroatoms. The first kappa shape index (κ1) is 11.9. The van der Waals surface area contributed by atoms with Crippen LogP contribution in [0.5, 0.6) is 0 Å². The summed E-state index contributed by atoms with van der Waals surface area (Å²) >= 11 is 13.0. The van der Waals surface area contributed by atoms with Gasteiger partial charge in [0.05, 0.1) is 28.3 Å². The fraction of sp³-hybridized carbons (Fsp3) is 0.167. The first-order valence-electron chi connectivity index (χ1n) is 5.42. The molecule has 18 heavy (non-hydrogen) atoms. The lowest BCUT2D eigenvalue weighted by molar-refractivity contribution is 0.789. The highest BCUT2D eigenvalue weighted by molar-refractivity contribution is 7.71. The zero-order chi connectivity index (χ0) is 12.7. The van der Waals surface area contributed by atoms with Gasteiger partial charge < -0.3 is 9.55 Å². The molecule has 1 aromatic carbocycles. The van der Waals surface area contributed by atoms with E-state index in [9.17, 15) is 0 Å². The summed E-state index contributed by atoms with van der Waals surface area (Å²) in [5.74, 6) is 0. The molecule has 0 fully saturated rings. The Hall–Kier alpha value is -1.17.